The smallest absolute Gasteiger partial charge is 0.344 e. The molecule has 7 nitrogen and oxygen atoms in total. The van der Waals surface area contributed by atoms with Crippen LogP contribution in [0.5, 0.6) is 11.5 Å². The molecule has 0 saturated carbocycles. The van der Waals surface area contributed by atoms with Crippen LogP contribution < -0.4 is 9.47 Å². The standard InChI is InChI=1S/C30H25ClN2O5/c1-36-25-12-8-21(9-13-25)28-17-27(23-7-6-20-4-2-3-5-22(20)16-23)32-33(28)29(34)18-38-30(35)19-37-26-14-10-24(31)11-15-26/h2-16,28H,17-19H2,1H3. The molecular weight excluding hydrogens is 504 g/mol. The predicted molar refractivity (Wildman–Crippen MR) is 146 cm³/mol. The molecule has 1 unspecified atom stereocenters. The summed E-state index contributed by atoms with van der Waals surface area (Å²) in [5.41, 5.74) is 2.62. The van der Waals surface area contributed by atoms with Crippen LogP contribution in [0.4, 0.5) is 0 Å². The number of methoxy groups -OCH3 is 1. The molecule has 0 radical (unpaired) electrons. The van der Waals surface area contributed by atoms with Gasteiger partial charge in [-0.15, -0.1) is 0 Å². The van der Waals surface area contributed by atoms with Gasteiger partial charge in [0.2, 0.25) is 0 Å². The first-order chi connectivity index (χ1) is 18.5. The first-order valence-electron chi connectivity index (χ1n) is 12.1. The zero-order chi connectivity index (χ0) is 26.5. The molecule has 0 fully saturated rings. The summed E-state index contributed by atoms with van der Waals surface area (Å²) in [6.45, 7) is -0.785. The molecule has 0 aliphatic carbocycles. The van der Waals surface area contributed by atoms with Crippen molar-refractivity contribution < 1.29 is 23.8 Å². The molecule has 1 amide bonds. The lowest BCUT2D eigenvalue weighted by Gasteiger charge is -2.22. The summed E-state index contributed by atoms with van der Waals surface area (Å²) in [5, 5.41) is 8.86. The number of carbonyl (C=O) groups excluding carboxylic acids is 2. The zero-order valence-corrected chi connectivity index (χ0v) is 21.4. The molecule has 5 rings (SSSR count). The molecular formula is C30H25ClN2O5. The summed E-state index contributed by atoms with van der Waals surface area (Å²) >= 11 is 5.86. The summed E-state index contributed by atoms with van der Waals surface area (Å²) in [7, 11) is 1.60. The summed E-state index contributed by atoms with van der Waals surface area (Å²) in [6.07, 6.45) is 0.518. The highest BCUT2D eigenvalue weighted by atomic mass is 35.5. The van der Waals surface area contributed by atoms with E-state index in [9.17, 15) is 9.59 Å². The lowest BCUT2D eigenvalue weighted by atomic mass is 9.97. The average Bonchev–Trinajstić information content (AvgIpc) is 3.41. The molecule has 0 N–H and O–H groups in total. The summed E-state index contributed by atoms with van der Waals surface area (Å²) in [4.78, 5) is 25.5. The number of ether oxygens (including phenoxy) is 3. The van der Waals surface area contributed by atoms with E-state index in [1.54, 1.807) is 31.4 Å². The molecule has 1 atom stereocenters. The van der Waals surface area contributed by atoms with Crippen LogP contribution in [-0.2, 0) is 14.3 Å². The first kappa shape index (κ1) is 25.3. The number of rotatable bonds is 8. The van der Waals surface area contributed by atoms with Gasteiger partial charge in [-0.05, 0) is 64.4 Å². The fourth-order valence-corrected chi connectivity index (χ4v) is 4.42. The molecule has 4 aromatic carbocycles. The lowest BCUT2D eigenvalue weighted by molar-refractivity contribution is -0.154. The second-order valence-electron chi connectivity index (χ2n) is 8.74. The number of amides is 1. The molecule has 0 spiro atoms. The van der Waals surface area contributed by atoms with Crippen LogP contribution in [0.15, 0.2) is 96.1 Å². The number of hydrogen-bond acceptors (Lipinski definition) is 6. The van der Waals surface area contributed by atoms with Gasteiger partial charge in [0.1, 0.15) is 11.5 Å². The molecule has 192 valence electrons. The van der Waals surface area contributed by atoms with Gasteiger partial charge in [-0.25, -0.2) is 9.80 Å². The minimum atomic E-state index is -0.660. The Morgan fingerprint density at radius 1 is 0.895 bits per heavy atom. The van der Waals surface area contributed by atoms with Crippen LogP contribution >= 0.6 is 11.6 Å². The Morgan fingerprint density at radius 3 is 2.34 bits per heavy atom. The van der Waals surface area contributed by atoms with E-state index < -0.39 is 18.5 Å². The highest BCUT2D eigenvalue weighted by Crippen LogP contribution is 2.34. The Kier molecular flexibility index (Phi) is 7.56. The van der Waals surface area contributed by atoms with Crippen LogP contribution in [0.1, 0.15) is 23.6 Å². The maximum Gasteiger partial charge on any atom is 0.344 e. The fraction of sp³-hybridized carbons (Fsp3) is 0.167. The Balaban J connectivity index is 1.31. The van der Waals surface area contributed by atoms with Crippen LogP contribution in [0.2, 0.25) is 5.02 Å². The SMILES string of the molecule is COc1ccc(C2CC(c3ccc4ccccc4c3)=NN2C(=O)COC(=O)COc2ccc(Cl)cc2)cc1. The lowest BCUT2D eigenvalue weighted by Crippen LogP contribution is -2.32. The minimum Gasteiger partial charge on any atom is -0.497 e. The second-order valence-corrected chi connectivity index (χ2v) is 9.18. The average molecular weight is 529 g/mol. The van der Waals surface area contributed by atoms with Crippen LogP contribution in [0, 0.1) is 0 Å². The van der Waals surface area contributed by atoms with Crippen molar-refractivity contribution in [3.05, 3.63) is 107 Å². The topological polar surface area (TPSA) is 77.4 Å². The first-order valence-corrected chi connectivity index (χ1v) is 12.4. The molecule has 8 heteroatoms. The van der Waals surface area contributed by atoms with E-state index in [1.807, 2.05) is 54.6 Å². The Labute approximate surface area is 225 Å². The van der Waals surface area contributed by atoms with Gasteiger partial charge in [0.05, 0.1) is 18.9 Å². The molecule has 0 aromatic heterocycles. The number of esters is 1. The number of hydrogen-bond donors (Lipinski definition) is 0. The molecule has 1 aliphatic heterocycles. The largest absolute Gasteiger partial charge is 0.497 e. The van der Waals surface area contributed by atoms with Crippen molar-refractivity contribution >= 4 is 40.0 Å². The maximum atomic E-state index is 13.2. The van der Waals surface area contributed by atoms with Gasteiger partial charge in [0, 0.05) is 11.4 Å². The minimum absolute atomic E-state index is 0.331. The van der Waals surface area contributed by atoms with E-state index in [2.05, 4.69) is 17.2 Å². The van der Waals surface area contributed by atoms with Gasteiger partial charge in [0.15, 0.2) is 13.2 Å². The van der Waals surface area contributed by atoms with E-state index >= 15 is 0 Å². The van der Waals surface area contributed by atoms with Gasteiger partial charge >= 0.3 is 5.97 Å². The normalized spacial score (nSPS) is 14.7. The van der Waals surface area contributed by atoms with Crippen molar-refractivity contribution in [2.75, 3.05) is 20.3 Å². The molecule has 0 saturated heterocycles. The molecule has 0 bridgehead atoms. The van der Waals surface area contributed by atoms with Crippen LogP contribution in [0.25, 0.3) is 10.8 Å². The third-order valence-electron chi connectivity index (χ3n) is 6.28. The quantitative estimate of drug-likeness (QED) is 0.270. The fourth-order valence-electron chi connectivity index (χ4n) is 4.29. The number of halogens is 1. The number of benzene rings is 4. The summed E-state index contributed by atoms with van der Waals surface area (Å²) in [5.74, 6) is 0.102. The third-order valence-corrected chi connectivity index (χ3v) is 6.53. The Bertz CT molecular complexity index is 1490. The second kappa shape index (κ2) is 11.4. The van der Waals surface area contributed by atoms with Gasteiger partial charge in [0.25, 0.3) is 5.91 Å². The van der Waals surface area contributed by atoms with Gasteiger partial charge in [-0.3, -0.25) is 4.79 Å². The highest BCUT2D eigenvalue weighted by molar-refractivity contribution is 6.30. The van der Waals surface area contributed by atoms with Crippen LogP contribution in [-0.4, -0.2) is 42.9 Å². The maximum absolute atomic E-state index is 13.2. The number of carbonyl (C=O) groups is 2. The Hall–Kier alpha value is -4.36. The zero-order valence-electron chi connectivity index (χ0n) is 20.7. The van der Waals surface area contributed by atoms with Crippen molar-refractivity contribution in [3.63, 3.8) is 0 Å². The van der Waals surface area contributed by atoms with E-state index in [0.717, 1.165) is 33.4 Å². The number of nitrogens with zero attached hydrogens (tertiary/aromatic N) is 2. The van der Waals surface area contributed by atoms with Gasteiger partial charge in [-0.1, -0.05) is 60.1 Å². The number of fused-ring (bicyclic) bond motifs is 1. The van der Waals surface area contributed by atoms with Gasteiger partial charge in [-0.2, -0.15) is 5.10 Å². The highest BCUT2D eigenvalue weighted by Gasteiger charge is 2.33. The Morgan fingerprint density at radius 2 is 1.61 bits per heavy atom. The van der Waals surface area contributed by atoms with E-state index in [1.165, 1.54) is 5.01 Å². The molecule has 1 heterocycles. The monoisotopic (exact) mass is 528 g/mol. The van der Waals surface area contributed by atoms with Crippen molar-refractivity contribution in [1.82, 2.24) is 5.01 Å². The van der Waals surface area contributed by atoms with Gasteiger partial charge < -0.3 is 14.2 Å². The van der Waals surface area contributed by atoms with E-state index in [-0.39, 0.29) is 12.6 Å². The van der Waals surface area contributed by atoms with Crippen molar-refractivity contribution in [1.29, 1.82) is 0 Å². The summed E-state index contributed by atoms with van der Waals surface area (Å²) < 4.78 is 15.9. The predicted octanol–water partition coefficient (Wildman–Crippen LogP) is 5.80. The summed E-state index contributed by atoms with van der Waals surface area (Å²) in [6, 6.07) is 28.0. The molecule has 1 aliphatic rings. The van der Waals surface area contributed by atoms with E-state index in [4.69, 9.17) is 25.8 Å². The molecule has 38 heavy (non-hydrogen) atoms. The van der Waals surface area contributed by atoms with Crippen molar-refractivity contribution in [2.45, 2.75) is 12.5 Å². The van der Waals surface area contributed by atoms with Crippen molar-refractivity contribution in [3.8, 4) is 11.5 Å². The van der Waals surface area contributed by atoms with Crippen molar-refractivity contribution in [2.24, 2.45) is 5.10 Å². The molecule has 4 aromatic rings. The number of hydrazone groups is 1. The van der Waals surface area contributed by atoms with E-state index in [0.29, 0.717) is 17.2 Å². The van der Waals surface area contributed by atoms with Crippen LogP contribution in [0.3, 0.4) is 0 Å². The third kappa shape index (κ3) is 5.79.